The average molecular weight is 298 g/mol. The molecule has 0 radical (unpaired) electrons. The molecule has 0 bridgehead atoms. The van der Waals surface area contributed by atoms with Gasteiger partial charge in [0.05, 0.1) is 4.92 Å². The predicted molar refractivity (Wildman–Crippen MR) is 82.5 cm³/mol. The lowest BCUT2D eigenvalue weighted by molar-refractivity contribution is -0.384. The lowest BCUT2D eigenvalue weighted by Crippen LogP contribution is -2.13. The van der Waals surface area contributed by atoms with Crippen molar-refractivity contribution in [2.45, 2.75) is 6.92 Å². The summed E-state index contributed by atoms with van der Waals surface area (Å²) in [4.78, 5) is 10.9. The zero-order valence-corrected chi connectivity index (χ0v) is 11.9. The Morgan fingerprint density at radius 1 is 1.29 bits per heavy atom. The Kier molecular flexibility index (Phi) is 3.19. The zero-order chi connectivity index (χ0) is 15.0. The molecule has 3 rings (SSSR count). The van der Waals surface area contributed by atoms with Crippen LogP contribution in [-0.2, 0) is 0 Å². The number of thiocarbonyl (C=S) groups is 1. The Balaban J connectivity index is 2.16. The Morgan fingerprint density at radius 3 is 2.76 bits per heavy atom. The van der Waals surface area contributed by atoms with E-state index in [-0.39, 0.29) is 5.69 Å². The highest BCUT2D eigenvalue weighted by atomic mass is 32.1. The van der Waals surface area contributed by atoms with Crippen LogP contribution in [0.3, 0.4) is 0 Å². The van der Waals surface area contributed by atoms with Gasteiger partial charge in [-0.1, -0.05) is 41.7 Å². The number of aryl methyl sites for hydroxylation is 1. The third kappa shape index (κ3) is 2.27. The number of rotatable bonds is 2. The second kappa shape index (κ2) is 5.02. The molecule has 1 aromatic heterocycles. The molecule has 0 N–H and O–H groups in total. The van der Waals surface area contributed by atoms with Gasteiger partial charge in [0.15, 0.2) is 0 Å². The van der Waals surface area contributed by atoms with E-state index in [4.69, 9.17) is 12.2 Å². The van der Waals surface area contributed by atoms with Crippen molar-refractivity contribution in [3.05, 3.63) is 63.7 Å². The Labute approximate surface area is 125 Å². The minimum Gasteiger partial charge on any atom is -0.258 e. The fraction of sp³-hybridized carbons (Fsp3) is 0.0714. The van der Waals surface area contributed by atoms with E-state index in [9.17, 15) is 10.1 Å². The topological polar surface area (TPSA) is 73.8 Å². The van der Waals surface area contributed by atoms with E-state index >= 15 is 0 Å². The molecule has 0 aliphatic heterocycles. The fourth-order valence-electron chi connectivity index (χ4n) is 2.10. The molecule has 3 aromatic rings. The normalized spacial score (nSPS) is 10.7. The van der Waals surface area contributed by atoms with Crippen molar-refractivity contribution in [2.24, 2.45) is 0 Å². The van der Waals surface area contributed by atoms with E-state index in [0.717, 1.165) is 11.1 Å². The molecule has 104 valence electrons. The summed E-state index contributed by atoms with van der Waals surface area (Å²) >= 11 is 5.46. The van der Waals surface area contributed by atoms with Crippen molar-refractivity contribution in [1.29, 1.82) is 0 Å². The molecular weight excluding hydrogens is 288 g/mol. The van der Waals surface area contributed by atoms with Crippen molar-refractivity contribution in [2.75, 3.05) is 0 Å². The zero-order valence-electron chi connectivity index (χ0n) is 11.1. The van der Waals surface area contributed by atoms with E-state index in [1.807, 2.05) is 31.2 Å². The molecule has 0 saturated carbocycles. The molecule has 6 nitrogen and oxygen atoms in total. The highest BCUT2D eigenvalue weighted by molar-refractivity contribution is 7.80. The van der Waals surface area contributed by atoms with Gasteiger partial charge in [-0.3, -0.25) is 10.1 Å². The third-order valence-corrected chi connectivity index (χ3v) is 3.60. The van der Waals surface area contributed by atoms with Gasteiger partial charge >= 0.3 is 0 Å². The summed E-state index contributed by atoms with van der Waals surface area (Å²) in [5, 5.41) is 18.9. The van der Waals surface area contributed by atoms with Gasteiger partial charge in [-0.05, 0) is 18.6 Å². The van der Waals surface area contributed by atoms with Crippen molar-refractivity contribution in [3.8, 4) is 0 Å². The largest absolute Gasteiger partial charge is 0.271 e. The third-order valence-electron chi connectivity index (χ3n) is 3.21. The number of hydrogen-bond donors (Lipinski definition) is 0. The second-order valence-electron chi connectivity index (χ2n) is 4.55. The number of nitro benzene ring substituents is 1. The van der Waals surface area contributed by atoms with Crippen LogP contribution < -0.4 is 0 Å². The standard InChI is InChI=1S/C14H10N4O2S/c1-9-4-2-3-5-11(9)14(21)17-13-8-10(18(19)20)6-7-12(13)15-16-17/h2-8H,1H3. The molecule has 7 heteroatoms. The van der Waals surface area contributed by atoms with Crippen LogP contribution in [0.1, 0.15) is 11.1 Å². The number of nitrogens with zero attached hydrogens (tertiary/aromatic N) is 4. The molecule has 0 spiro atoms. The quantitative estimate of drug-likeness (QED) is 0.413. The highest BCUT2D eigenvalue weighted by Crippen LogP contribution is 2.20. The van der Waals surface area contributed by atoms with Gasteiger partial charge in [-0.15, -0.1) is 5.10 Å². The summed E-state index contributed by atoms with van der Waals surface area (Å²) in [5.74, 6) is 0. The molecule has 0 saturated heterocycles. The van der Waals surface area contributed by atoms with E-state index in [2.05, 4.69) is 10.3 Å². The first kappa shape index (κ1) is 13.3. The van der Waals surface area contributed by atoms with E-state index in [0.29, 0.717) is 16.0 Å². The summed E-state index contributed by atoms with van der Waals surface area (Å²) in [6.07, 6.45) is 0. The minimum absolute atomic E-state index is 0.0152. The summed E-state index contributed by atoms with van der Waals surface area (Å²) in [5.41, 5.74) is 2.94. The molecular formula is C14H10N4O2S. The Bertz CT molecular complexity index is 872. The van der Waals surface area contributed by atoms with Crippen LogP contribution in [0.4, 0.5) is 5.69 Å². The lowest BCUT2D eigenvalue weighted by Gasteiger charge is -2.07. The lowest BCUT2D eigenvalue weighted by atomic mass is 10.1. The SMILES string of the molecule is Cc1ccccc1C(=S)n1nnc2ccc([N+](=O)[O-])cc21. The van der Waals surface area contributed by atoms with Gasteiger partial charge in [0.2, 0.25) is 0 Å². The first-order chi connectivity index (χ1) is 10.1. The molecule has 0 aliphatic carbocycles. The van der Waals surface area contributed by atoms with Gasteiger partial charge < -0.3 is 0 Å². The van der Waals surface area contributed by atoms with Gasteiger partial charge in [-0.25, -0.2) is 4.68 Å². The van der Waals surface area contributed by atoms with Crippen molar-refractivity contribution < 1.29 is 4.92 Å². The summed E-state index contributed by atoms with van der Waals surface area (Å²) < 4.78 is 1.46. The number of aromatic nitrogens is 3. The molecule has 21 heavy (non-hydrogen) atoms. The Hall–Kier alpha value is -2.67. The van der Waals surface area contributed by atoms with Crippen molar-refractivity contribution in [3.63, 3.8) is 0 Å². The van der Waals surface area contributed by atoms with Crippen molar-refractivity contribution >= 4 is 33.9 Å². The molecule has 0 unspecified atom stereocenters. The number of benzene rings is 2. The van der Waals surface area contributed by atoms with Crippen LogP contribution in [0.25, 0.3) is 11.0 Å². The summed E-state index contributed by atoms with van der Waals surface area (Å²) in [6.45, 7) is 1.95. The number of nitro groups is 1. The average Bonchev–Trinajstić information content (AvgIpc) is 2.90. The van der Waals surface area contributed by atoms with Crippen LogP contribution in [0.15, 0.2) is 42.5 Å². The van der Waals surface area contributed by atoms with E-state index < -0.39 is 4.92 Å². The molecule has 2 aromatic carbocycles. The van der Waals surface area contributed by atoms with Gasteiger partial charge in [0.25, 0.3) is 5.69 Å². The number of hydrogen-bond acceptors (Lipinski definition) is 5. The summed E-state index contributed by atoms with van der Waals surface area (Å²) in [6, 6.07) is 12.0. The maximum Gasteiger partial charge on any atom is 0.271 e. The maximum absolute atomic E-state index is 10.9. The number of non-ortho nitro benzene ring substituents is 1. The monoisotopic (exact) mass is 298 g/mol. The van der Waals surface area contributed by atoms with Crippen molar-refractivity contribution in [1.82, 2.24) is 15.0 Å². The smallest absolute Gasteiger partial charge is 0.258 e. The van der Waals surface area contributed by atoms with Gasteiger partial charge in [-0.2, -0.15) is 0 Å². The van der Waals surface area contributed by atoms with E-state index in [1.165, 1.54) is 16.8 Å². The predicted octanol–water partition coefficient (Wildman–Crippen LogP) is 2.87. The summed E-state index contributed by atoms with van der Waals surface area (Å²) in [7, 11) is 0. The second-order valence-corrected chi connectivity index (χ2v) is 4.94. The van der Waals surface area contributed by atoms with E-state index in [1.54, 1.807) is 6.07 Å². The molecule has 0 fully saturated rings. The first-order valence-electron chi connectivity index (χ1n) is 6.18. The van der Waals surface area contributed by atoms with Crippen LogP contribution in [-0.4, -0.2) is 24.9 Å². The highest BCUT2D eigenvalue weighted by Gasteiger charge is 2.15. The van der Waals surface area contributed by atoms with Crippen LogP contribution in [0.2, 0.25) is 0 Å². The first-order valence-corrected chi connectivity index (χ1v) is 6.59. The Morgan fingerprint density at radius 2 is 2.05 bits per heavy atom. The van der Waals surface area contributed by atoms with Crippen LogP contribution in [0.5, 0.6) is 0 Å². The molecule has 0 amide bonds. The molecule has 1 heterocycles. The minimum atomic E-state index is -0.451. The van der Waals surface area contributed by atoms with Gasteiger partial charge in [0.1, 0.15) is 16.0 Å². The van der Waals surface area contributed by atoms with Crippen LogP contribution >= 0.6 is 12.2 Å². The fourth-order valence-corrected chi connectivity index (χ4v) is 2.46. The maximum atomic E-state index is 10.9. The number of fused-ring (bicyclic) bond motifs is 1. The van der Waals surface area contributed by atoms with Crippen LogP contribution in [0, 0.1) is 17.0 Å². The molecule has 0 aliphatic rings. The van der Waals surface area contributed by atoms with Gasteiger partial charge in [0, 0.05) is 17.7 Å². The molecule has 0 atom stereocenters.